The predicted octanol–water partition coefficient (Wildman–Crippen LogP) is 3.02. The maximum Gasteiger partial charge on any atom is 0.253 e. The van der Waals surface area contributed by atoms with Crippen molar-refractivity contribution in [2.24, 2.45) is 0 Å². The first-order chi connectivity index (χ1) is 8.31. The molecule has 0 aromatic heterocycles. The highest BCUT2D eigenvalue weighted by atomic mass is 35.5. The number of halogens is 3. The topological polar surface area (TPSA) is 49.3 Å². The van der Waals surface area contributed by atoms with Crippen LogP contribution in [0.3, 0.4) is 0 Å². The van der Waals surface area contributed by atoms with E-state index in [0.29, 0.717) is 6.42 Å². The molecule has 1 amide bonds. The third-order valence-corrected chi connectivity index (χ3v) is 2.93. The van der Waals surface area contributed by atoms with Crippen molar-refractivity contribution in [2.45, 2.75) is 32.4 Å². The van der Waals surface area contributed by atoms with Crippen molar-refractivity contribution in [3.63, 3.8) is 0 Å². The van der Waals surface area contributed by atoms with Crippen molar-refractivity contribution in [1.82, 2.24) is 5.32 Å². The minimum atomic E-state index is -0.700. The predicted molar refractivity (Wildman–Crippen MR) is 69.6 cm³/mol. The average molecular weight is 294 g/mol. The van der Waals surface area contributed by atoms with E-state index >= 15 is 0 Å². The maximum atomic E-state index is 13.3. The van der Waals surface area contributed by atoms with Crippen molar-refractivity contribution in [2.75, 3.05) is 0 Å². The van der Waals surface area contributed by atoms with Crippen LogP contribution < -0.4 is 5.32 Å². The molecule has 0 fully saturated rings. The van der Waals surface area contributed by atoms with Gasteiger partial charge >= 0.3 is 0 Å². The smallest absolute Gasteiger partial charge is 0.253 e. The molecule has 2 unspecified atom stereocenters. The molecule has 1 rings (SSSR count). The van der Waals surface area contributed by atoms with Gasteiger partial charge in [-0.05, 0) is 32.4 Å². The highest BCUT2D eigenvalue weighted by Gasteiger charge is 2.16. The zero-order valence-corrected chi connectivity index (χ0v) is 11.5. The Morgan fingerprint density at radius 1 is 1.39 bits per heavy atom. The minimum Gasteiger partial charge on any atom is -0.393 e. The first kappa shape index (κ1) is 15.2. The van der Waals surface area contributed by atoms with Gasteiger partial charge < -0.3 is 10.4 Å². The summed E-state index contributed by atoms with van der Waals surface area (Å²) in [6.07, 6.45) is -0.128. The van der Waals surface area contributed by atoms with Gasteiger partial charge in [0.1, 0.15) is 5.82 Å². The van der Waals surface area contributed by atoms with Crippen molar-refractivity contribution in [3.05, 3.63) is 33.6 Å². The molecule has 1 aromatic carbocycles. The Hall–Kier alpha value is -0.840. The number of rotatable bonds is 4. The van der Waals surface area contributed by atoms with Crippen molar-refractivity contribution in [3.8, 4) is 0 Å². The minimum absolute atomic E-state index is 0.0241. The molecule has 0 heterocycles. The molecule has 0 saturated heterocycles. The van der Waals surface area contributed by atoms with Gasteiger partial charge in [-0.25, -0.2) is 4.39 Å². The Balaban J connectivity index is 2.82. The van der Waals surface area contributed by atoms with E-state index in [4.69, 9.17) is 23.2 Å². The van der Waals surface area contributed by atoms with Crippen LogP contribution >= 0.6 is 23.2 Å². The lowest BCUT2D eigenvalue weighted by atomic mass is 10.1. The lowest BCUT2D eigenvalue weighted by Crippen LogP contribution is -2.34. The molecule has 0 bridgehead atoms. The summed E-state index contributed by atoms with van der Waals surface area (Å²) in [4.78, 5) is 11.8. The lowest BCUT2D eigenvalue weighted by molar-refractivity contribution is 0.0922. The van der Waals surface area contributed by atoms with Crippen LogP contribution in [0.25, 0.3) is 0 Å². The number of carbonyl (C=O) groups is 1. The van der Waals surface area contributed by atoms with Crippen LogP contribution in [0.4, 0.5) is 4.39 Å². The summed E-state index contributed by atoms with van der Waals surface area (Å²) in [5.74, 6) is -1.20. The van der Waals surface area contributed by atoms with Gasteiger partial charge in [0.05, 0.1) is 21.7 Å². The summed E-state index contributed by atoms with van der Waals surface area (Å²) in [5, 5.41) is 11.8. The van der Waals surface area contributed by atoms with Crippen LogP contribution in [-0.2, 0) is 0 Å². The molecular formula is C12H14Cl2FNO2. The van der Waals surface area contributed by atoms with Crippen molar-refractivity contribution >= 4 is 29.1 Å². The Kier molecular flexibility index (Phi) is 5.38. The quantitative estimate of drug-likeness (QED) is 0.839. The second-order valence-corrected chi connectivity index (χ2v) is 5.02. The Bertz CT molecular complexity index is 452. The first-order valence-corrected chi connectivity index (χ1v) is 6.20. The molecule has 2 atom stereocenters. The third kappa shape index (κ3) is 4.12. The maximum absolute atomic E-state index is 13.3. The van der Waals surface area contributed by atoms with Crippen LogP contribution in [0.2, 0.25) is 10.0 Å². The fraction of sp³-hybridized carbons (Fsp3) is 0.417. The highest BCUT2D eigenvalue weighted by Crippen LogP contribution is 2.24. The fourth-order valence-corrected chi connectivity index (χ4v) is 2.04. The van der Waals surface area contributed by atoms with Crippen LogP contribution in [0.15, 0.2) is 12.1 Å². The summed E-state index contributed by atoms with van der Waals surface area (Å²) < 4.78 is 13.3. The molecule has 1 aromatic rings. The molecule has 3 nitrogen and oxygen atoms in total. The van der Waals surface area contributed by atoms with Crippen LogP contribution in [0.1, 0.15) is 30.6 Å². The van der Waals surface area contributed by atoms with Crippen LogP contribution in [-0.4, -0.2) is 23.2 Å². The van der Waals surface area contributed by atoms with Crippen LogP contribution in [0, 0.1) is 5.82 Å². The largest absolute Gasteiger partial charge is 0.393 e. The number of benzene rings is 1. The molecule has 18 heavy (non-hydrogen) atoms. The van der Waals surface area contributed by atoms with Gasteiger partial charge in [0, 0.05) is 6.04 Å². The third-order valence-electron chi connectivity index (χ3n) is 2.33. The van der Waals surface area contributed by atoms with E-state index in [9.17, 15) is 14.3 Å². The number of aliphatic hydroxyl groups excluding tert-OH is 1. The summed E-state index contributed by atoms with van der Waals surface area (Å²) in [7, 11) is 0. The number of hydrogen-bond donors (Lipinski definition) is 2. The van der Waals surface area contributed by atoms with Crippen LogP contribution in [0.5, 0.6) is 0 Å². The standard InChI is InChI=1S/C12H14Cl2FNO2/c1-6(3-7(2)17)16-12(18)8-4-11(15)10(14)5-9(8)13/h4-7,17H,3H2,1-2H3,(H,16,18). The monoisotopic (exact) mass is 293 g/mol. The second kappa shape index (κ2) is 6.36. The summed E-state index contributed by atoms with van der Waals surface area (Å²) in [5.41, 5.74) is 0.0241. The molecular weight excluding hydrogens is 280 g/mol. The Morgan fingerprint density at radius 2 is 2.00 bits per heavy atom. The molecule has 2 N–H and O–H groups in total. The van der Waals surface area contributed by atoms with E-state index in [1.807, 2.05) is 0 Å². The van der Waals surface area contributed by atoms with E-state index in [0.717, 1.165) is 6.07 Å². The SMILES string of the molecule is CC(O)CC(C)NC(=O)c1cc(F)c(Cl)cc1Cl. The molecule has 0 saturated carbocycles. The van der Waals surface area contributed by atoms with E-state index < -0.39 is 17.8 Å². The lowest BCUT2D eigenvalue weighted by Gasteiger charge is -2.16. The number of nitrogens with one attached hydrogen (secondary N) is 1. The zero-order valence-electron chi connectivity index (χ0n) is 10.0. The number of carbonyl (C=O) groups excluding carboxylic acids is 1. The summed E-state index contributed by atoms with van der Waals surface area (Å²) in [6, 6.07) is 1.94. The molecule has 0 radical (unpaired) electrons. The van der Waals surface area contributed by atoms with Gasteiger partial charge in [0.2, 0.25) is 0 Å². The van der Waals surface area contributed by atoms with E-state index in [1.54, 1.807) is 13.8 Å². The van der Waals surface area contributed by atoms with Gasteiger partial charge in [-0.2, -0.15) is 0 Å². The van der Waals surface area contributed by atoms with Crippen molar-refractivity contribution < 1.29 is 14.3 Å². The number of hydrogen-bond acceptors (Lipinski definition) is 2. The fourth-order valence-electron chi connectivity index (χ4n) is 1.57. The van der Waals surface area contributed by atoms with Gasteiger partial charge in [0.15, 0.2) is 0 Å². The van der Waals surface area contributed by atoms with Gasteiger partial charge in [-0.3, -0.25) is 4.79 Å². The highest BCUT2D eigenvalue weighted by molar-refractivity contribution is 6.36. The van der Waals surface area contributed by atoms with Gasteiger partial charge in [0.25, 0.3) is 5.91 Å². The van der Waals surface area contributed by atoms with E-state index in [-0.39, 0.29) is 21.7 Å². The number of amides is 1. The Labute approximate surface area is 115 Å². The summed E-state index contributed by atoms with van der Waals surface area (Å²) >= 11 is 11.4. The normalized spacial score (nSPS) is 14.1. The molecule has 100 valence electrons. The average Bonchev–Trinajstić information content (AvgIpc) is 2.21. The zero-order chi connectivity index (χ0) is 13.9. The first-order valence-electron chi connectivity index (χ1n) is 5.44. The van der Waals surface area contributed by atoms with E-state index in [1.165, 1.54) is 6.07 Å². The molecule has 0 aliphatic heterocycles. The van der Waals surface area contributed by atoms with Gasteiger partial charge in [-0.15, -0.1) is 0 Å². The molecule has 6 heteroatoms. The summed E-state index contributed by atoms with van der Waals surface area (Å²) in [6.45, 7) is 3.36. The number of aliphatic hydroxyl groups is 1. The second-order valence-electron chi connectivity index (χ2n) is 4.21. The molecule has 0 aliphatic rings. The Morgan fingerprint density at radius 3 is 2.56 bits per heavy atom. The molecule has 0 spiro atoms. The van der Waals surface area contributed by atoms with E-state index in [2.05, 4.69) is 5.32 Å². The molecule has 0 aliphatic carbocycles. The van der Waals surface area contributed by atoms with Gasteiger partial charge in [-0.1, -0.05) is 23.2 Å². The van der Waals surface area contributed by atoms with Crippen molar-refractivity contribution in [1.29, 1.82) is 0 Å².